The third-order valence-electron chi connectivity index (χ3n) is 5.67. The third kappa shape index (κ3) is 6.07. The molecule has 1 aliphatic heterocycles. The highest BCUT2D eigenvalue weighted by Crippen LogP contribution is 2.28. The zero-order valence-electron chi connectivity index (χ0n) is 18.1. The Morgan fingerprint density at radius 1 is 1.16 bits per heavy atom. The van der Waals surface area contributed by atoms with Crippen LogP contribution in [-0.2, 0) is 21.4 Å². The van der Waals surface area contributed by atoms with Crippen molar-refractivity contribution >= 4 is 33.2 Å². The first-order valence-electron chi connectivity index (χ1n) is 10.7. The molecule has 2 aromatic carbocycles. The Labute approximate surface area is 190 Å². The highest BCUT2D eigenvalue weighted by atomic mass is 35.5. The van der Waals surface area contributed by atoms with Crippen molar-refractivity contribution in [3.05, 3.63) is 58.6 Å². The Bertz CT molecular complexity index is 1020. The largest absolute Gasteiger partial charge is 0.325 e. The molecule has 0 saturated carbocycles. The average Bonchev–Trinajstić information content (AvgIpc) is 3.30. The van der Waals surface area contributed by atoms with Gasteiger partial charge in [0, 0.05) is 32.6 Å². The maximum atomic E-state index is 12.8. The van der Waals surface area contributed by atoms with E-state index in [-0.39, 0.29) is 10.8 Å². The molecule has 1 saturated heterocycles. The minimum Gasteiger partial charge on any atom is -0.325 e. The number of anilines is 1. The molecule has 0 atom stereocenters. The lowest BCUT2D eigenvalue weighted by Crippen LogP contribution is -2.28. The Morgan fingerprint density at radius 2 is 1.87 bits per heavy atom. The summed E-state index contributed by atoms with van der Waals surface area (Å²) in [7, 11) is -3.57. The second kappa shape index (κ2) is 10.6. The van der Waals surface area contributed by atoms with Crippen LogP contribution >= 0.6 is 11.6 Å². The smallest absolute Gasteiger partial charge is 0.243 e. The maximum Gasteiger partial charge on any atom is 0.243 e. The van der Waals surface area contributed by atoms with E-state index in [1.54, 1.807) is 0 Å². The predicted molar refractivity (Wildman–Crippen MR) is 125 cm³/mol. The van der Waals surface area contributed by atoms with Gasteiger partial charge in [0.2, 0.25) is 15.9 Å². The lowest BCUT2D eigenvalue weighted by Gasteiger charge is -2.21. The molecule has 0 unspecified atom stereocenters. The number of carbonyl (C=O) groups is 1. The second-order valence-corrected chi connectivity index (χ2v) is 10.2. The Morgan fingerprint density at radius 3 is 2.55 bits per heavy atom. The van der Waals surface area contributed by atoms with Crippen LogP contribution in [0.15, 0.2) is 47.4 Å². The van der Waals surface area contributed by atoms with Gasteiger partial charge in [-0.2, -0.15) is 4.31 Å². The van der Waals surface area contributed by atoms with E-state index in [0.29, 0.717) is 36.8 Å². The molecule has 168 valence electrons. The molecule has 1 heterocycles. The van der Waals surface area contributed by atoms with Crippen molar-refractivity contribution in [3.8, 4) is 0 Å². The van der Waals surface area contributed by atoms with Crippen LogP contribution in [0, 0.1) is 6.92 Å². The highest BCUT2D eigenvalue weighted by molar-refractivity contribution is 7.89. The normalized spacial score (nSPS) is 14.8. The number of hydrogen-bond donors (Lipinski definition) is 1. The van der Waals surface area contributed by atoms with Gasteiger partial charge in [0.25, 0.3) is 0 Å². The summed E-state index contributed by atoms with van der Waals surface area (Å²) >= 11 is 6.23. The summed E-state index contributed by atoms with van der Waals surface area (Å²) in [6.07, 6.45) is 2.03. The summed E-state index contributed by atoms with van der Waals surface area (Å²) in [5, 5.41) is 3.11. The molecule has 0 spiro atoms. The number of halogens is 1. The molecular formula is C23H30ClN3O3S. The number of rotatable bonds is 9. The second-order valence-electron chi connectivity index (χ2n) is 7.85. The van der Waals surface area contributed by atoms with Gasteiger partial charge in [-0.15, -0.1) is 0 Å². The van der Waals surface area contributed by atoms with E-state index in [0.717, 1.165) is 25.9 Å². The van der Waals surface area contributed by atoms with Gasteiger partial charge in [-0.05, 0) is 55.6 Å². The summed E-state index contributed by atoms with van der Waals surface area (Å²) < 4.78 is 27.1. The number of hydrogen-bond acceptors (Lipinski definition) is 4. The van der Waals surface area contributed by atoms with Crippen molar-refractivity contribution in [3.63, 3.8) is 0 Å². The average molecular weight is 464 g/mol. The van der Waals surface area contributed by atoms with Crippen LogP contribution in [-0.4, -0.2) is 49.7 Å². The molecule has 1 amide bonds. The molecule has 0 radical (unpaired) electrons. The minimum absolute atomic E-state index is 0.156. The molecule has 1 aliphatic rings. The lowest BCUT2D eigenvalue weighted by molar-refractivity contribution is -0.116. The monoisotopic (exact) mass is 463 g/mol. The van der Waals surface area contributed by atoms with E-state index in [1.165, 1.54) is 33.6 Å². The number of nitrogens with zero attached hydrogens (tertiary/aromatic N) is 2. The molecule has 0 aliphatic carbocycles. The number of benzene rings is 2. The van der Waals surface area contributed by atoms with Crippen molar-refractivity contribution in [2.75, 3.05) is 31.5 Å². The van der Waals surface area contributed by atoms with Crippen LogP contribution < -0.4 is 5.32 Å². The van der Waals surface area contributed by atoms with E-state index in [4.69, 9.17) is 11.6 Å². The molecule has 8 heteroatoms. The fourth-order valence-electron chi connectivity index (χ4n) is 3.69. The summed E-state index contributed by atoms with van der Waals surface area (Å²) in [5.41, 5.74) is 2.80. The van der Waals surface area contributed by atoms with Crippen molar-refractivity contribution in [2.24, 2.45) is 0 Å². The van der Waals surface area contributed by atoms with E-state index in [1.807, 2.05) is 12.1 Å². The van der Waals surface area contributed by atoms with Crippen LogP contribution in [0.5, 0.6) is 0 Å². The van der Waals surface area contributed by atoms with Gasteiger partial charge in [0.1, 0.15) is 0 Å². The van der Waals surface area contributed by atoms with Gasteiger partial charge in [0.05, 0.1) is 15.6 Å². The maximum absolute atomic E-state index is 12.8. The topological polar surface area (TPSA) is 69.7 Å². The van der Waals surface area contributed by atoms with Crippen molar-refractivity contribution < 1.29 is 13.2 Å². The number of carbonyl (C=O) groups excluding carboxylic acids is 1. The third-order valence-corrected chi connectivity index (χ3v) is 7.90. The van der Waals surface area contributed by atoms with E-state index >= 15 is 0 Å². The summed E-state index contributed by atoms with van der Waals surface area (Å²) in [5.74, 6) is -0.194. The zero-order chi connectivity index (χ0) is 22.4. The minimum atomic E-state index is -3.57. The highest BCUT2D eigenvalue weighted by Gasteiger charge is 2.27. The summed E-state index contributed by atoms with van der Waals surface area (Å²) in [6.45, 7) is 7.41. The van der Waals surface area contributed by atoms with Crippen molar-refractivity contribution in [2.45, 2.75) is 44.6 Å². The van der Waals surface area contributed by atoms with Crippen LogP contribution in [0.1, 0.15) is 37.3 Å². The molecule has 3 rings (SSSR count). The number of aryl methyl sites for hydroxylation is 1. The molecule has 6 nitrogen and oxygen atoms in total. The van der Waals surface area contributed by atoms with Gasteiger partial charge in [0.15, 0.2) is 0 Å². The summed E-state index contributed by atoms with van der Waals surface area (Å²) in [6, 6.07) is 12.7. The number of amides is 1. The van der Waals surface area contributed by atoms with Crippen LogP contribution in [0.4, 0.5) is 5.69 Å². The fraction of sp³-hybridized carbons (Fsp3) is 0.435. The number of nitrogens with one attached hydrogen (secondary N) is 1. The van der Waals surface area contributed by atoms with Gasteiger partial charge in [-0.25, -0.2) is 8.42 Å². The molecule has 2 aromatic rings. The lowest BCUT2D eigenvalue weighted by atomic mass is 10.1. The van der Waals surface area contributed by atoms with Gasteiger partial charge in [-0.3, -0.25) is 9.69 Å². The Hall–Kier alpha value is -1.93. The molecule has 0 aromatic heterocycles. The van der Waals surface area contributed by atoms with Crippen molar-refractivity contribution in [1.29, 1.82) is 0 Å². The first kappa shape index (κ1) is 23.7. The van der Waals surface area contributed by atoms with Crippen molar-refractivity contribution in [1.82, 2.24) is 9.21 Å². The predicted octanol–water partition coefficient (Wildman–Crippen LogP) is 4.28. The van der Waals surface area contributed by atoms with E-state index in [9.17, 15) is 13.2 Å². The molecular weight excluding hydrogens is 434 g/mol. The molecule has 0 bridgehead atoms. The van der Waals surface area contributed by atoms with Crippen LogP contribution in [0.2, 0.25) is 5.02 Å². The number of sulfonamides is 1. The molecule has 1 fully saturated rings. The van der Waals surface area contributed by atoms with Gasteiger partial charge < -0.3 is 5.32 Å². The standard InChI is InChI=1S/C23H30ClN3O3S/c1-3-26(17-19-9-5-4-8-18(19)2)15-12-23(28)25-22-16-20(10-11-21(22)24)31(29,30)27-13-6-7-14-27/h4-5,8-11,16H,3,6-7,12-15,17H2,1-2H3,(H,25,28). The van der Waals surface area contributed by atoms with Gasteiger partial charge >= 0.3 is 0 Å². The quantitative estimate of drug-likeness (QED) is 0.602. The fourth-order valence-corrected chi connectivity index (χ4v) is 5.40. The SMILES string of the molecule is CCN(CCC(=O)Nc1cc(S(=O)(=O)N2CCCC2)ccc1Cl)Cc1ccccc1C. The van der Waals surface area contributed by atoms with E-state index in [2.05, 4.69) is 36.2 Å². The first-order valence-corrected chi connectivity index (χ1v) is 12.5. The van der Waals surface area contributed by atoms with E-state index < -0.39 is 10.0 Å². The van der Waals surface area contributed by atoms with Gasteiger partial charge in [-0.1, -0.05) is 42.8 Å². The Balaban J connectivity index is 1.62. The Kier molecular flexibility index (Phi) is 8.11. The van der Waals surface area contributed by atoms with Crippen LogP contribution in [0.3, 0.4) is 0 Å². The summed E-state index contributed by atoms with van der Waals surface area (Å²) in [4.78, 5) is 14.9. The zero-order valence-corrected chi connectivity index (χ0v) is 19.7. The first-order chi connectivity index (χ1) is 14.8. The van der Waals surface area contributed by atoms with Crippen LogP contribution in [0.25, 0.3) is 0 Å². The molecule has 1 N–H and O–H groups in total. The molecule has 31 heavy (non-hydrogen) atoms.